The van der Waals surface area contributed by atoms with Crippen molar-refractivity contribution in [3.8, 4) is 0 Å². The molecule has 0 spiro atoms. The Bertz CT molecular complexity index is 442. The van der Waals surface area contributed by atoms with Gasteiger partial charge in [0.25, 0.3) is 0 Å². The number of fused-ring (bicyclic) bond motifs is 1. The fraction of sp³-hybridized carbons (Fsp3) is 0.533. The third-order valence-corrected chi connectivity index (χ3v) is 4.69. The molecule has 2 nitrogen and oxygen atoms in total. The Morgan fingerprint density at radius 2 is 2.12 bits per heavy atom. The summed E-state index contributed by atoms with van der Waals surface area (Å²) in [6.45, 7) is 0.542. The average molecular weight is 229 g/mol. The first kappa shape index (κ1) is 11.0. The third-order valence-electron chi connectivity index (χ3n) is 4.69. The van der Waals surface area contributed by atoms with Crippen molar-refractivity contribution in [2.45, 2.75) is 38.0 Å². The van der Waals surface area contributed by atoms with E-state index in [9.17, 15) is 4.79 Å². The number of hydrogen-bond acceptors (Lipinski definition) is 2. The highest BCUT2D eigenvalue weighted by molar-refractivity contribution is 5.87. The monoisotopic (exact) mass is 229 g/mol. The third kappa shape index (κ3) is 1.62. The summed E-state index contributed by atoms with van der Waals surface area (Å²) in [5.74, 6) is 0.869. The lowest BCUT2D eigenvalue weighted by molar-refractivity contribution is -0.133. The fourth-order valence-corrected chi connectivity index (χ4v) is 3.19. The number of nitrogens with two attached hydrogens (primary N) is 1. The molecule has 1 fully saturated rings. The molecule has 0 radical (unpaired) electrons. The highest BCUT2D eigenvalue weighted by Gasteiger charge is 2.43. The Hall–Kier alpha value is -1.15. The van der Waals surface area contributed by atoms with E-state index in [1.807, 2.05) is 0 Å². The normalized spacial score (nSPS) is 24.4. The molecule has 1 saturated carbocycles. The van der Waals surface area contributed by atoms with Gasteiger partial charge in [-0.3, -0.25) is 4.79 Å². The summed E-state index contributed by atoms with van der Waals surface area (Å²) >= 11 is 0. The van der Waals surface area contributed by atoms with E-state index < -0.39 is 0 Å². The SMILES string of the molecule is NCC1(C(=O)CC2Cc3ccccc32)CCC1. The van der Waals surface area contributed by atoms with Crippen molar-refractivity contribution in [3.63, 3.8) is 0 Å². The topological polar surface area (TPSA) is 43.1 Å². The van der Waals surface area contributed by atoms with Crippen LogP contribution in [0.15, 0.2) is 24.3 Å². The van der Waals surface area contributed by atoms with Gasteiger partial charge in [0.15, 0.2) is 0 Å². The molecular formula is C15H19NO. The van der Waals surface area contributed by atoms with Crippen LogP contribution in [0.25, 0.3) is 0 Å². The Morgan fingerprint density at radius 3 is 2.71 bits per heavy atom. The van der Waals surface area contributed by atoms with Crippen LogP contribution < -0.4 is 5.73 Å². The molecular weight excluding hydrogens is 210 g/mol. The zero-order valence-electron chi connectivity index (χ0n) is 10.1. The zero-order valence-corrected chi connectivity index (χ0v) is 10.1. The summed E-state index contributed by atoms with van der Waals surface area (Å²) in [6.07, 6.45) is 4.97. The highest BCUT2D eigenvalue weighted by atomic mass is 16.1. The summed E-state index contributed by atoms with van der Waals surface area (Å²) in [4.78, 5) is 12.3. The number of ketones is 1. The number of Topliss-reactive ketones (excluding diaryl/α,β-unsaturated/α-hetero) is 1. The van der Waals surface area contributed by atoms with E-state index in [0.717, 1.165) is 19.3 Å². The second-order valence-corrected chi connectivity index (χ2v) is 5.57. The maximum absolute atomic E-state index is 12.3. The second-order valence-electron chi connectivity index (χ2n) is 5.57. The van der Waals surface area contributed by atoms with Gasteiger partial charge in [-0.15, -0.1) is 0 Å². The average Bonchev–Trinajstić information content (AvgIpc) is 2.25. The standard InChI is InChI=1S/C15H19NO/c16-10-15(6-3-7-15)14(17)9-12-8-11-4-1-2-5-13(11)12/h1-2,4-5,12H,3,6-10,16H2. The van der Waals surface area contributed by atoms with Crippen LogP contribution in [0, 0.1) is 5.41 Å². The minimum atomic E-state index is -0.148. The molecule has 0 aromatic heterocycles. The first-order chi connectivity index (χ1) is 8.25. The van der Waals surface area contributed by atoms with E-state index in [1.165, 1.54) is 17.5 Å². The Kier molecular flexibility index (Phi) is 2.55. The van der Waals surface area contributed by atoms with Crippen molar-refractivity contribution in [2.75, 3.05) is 6.54 Å². The van der Waals surface area contributed by atoms with Crippen molar-refractivity contribution in [2.24, 2.45) is 11.1 Å². The van der Waals surface area contributed by atoms with Crippen molar-refractivity contribution < 1.29 is 4.79 Å². The van der Waals surface area contributed by atoms with E-state index in [4.69, 9.17) is 5.73 Å². The predicted molar refractivity (Wildman–Crippen MR) is 67.8 cm³/mol. The van der Waals surface area contributed by atoms with Crippen LogP contribution in [0.4, 0.5) is 0 Å². The molecule has 1 unspecified atom stereocenters. The predicted octanol–water partition coefficient (Wildman–Crippen LogP) is 2.41. The molecule has 1 atom stereocenters. The summed E-state index contributed by atoms with van der Waals surface area (Å²) in [7, 11) is 0. The summed E-state index contributed by atoms with van der Waals surface area (Å²) in [6, 6.07) is 8.47. The first-order valence-electron chi connectivity index (χ1n) is 6.56. The van der Waals surface area contributed by atoms with Crippen molar-refractivity contribution in [1.82, 2.24) is 0 Å². The van der Waals surface area contributed by atoms with Crippen molar-refractivity contribution in [3.05, 3.63) is 35.4 Å². The van der Waals surface area contributed by atoms with Crippen LogP contribution in [0.1, 0.15) is 42.7 Å². The van der Waals surface area contributed by atoms with Gasteiger partial charge in [0, 0.05) is 18.4 Å². The number of benzene rings is 1. The first-order valence-corrected chi connectivity index (χ1v) is 6.56. The maximum atomic E-state index is 12.3. The molecule has 2 aliphatic rings. The van der Waals surface area contributed by atoms with E-state index in [1.54, 1.807) is 0 Å². The van der Waals surface area contributed by atoms with E-state index in [-0.39, 0.29) is 5.41 Å². The Morgan fingerprint density at radius 1 is 1.35 bits per heavy atom. The molecule has 0 aliphatic heterocycles. The van der Waals surface area contributed by atoms with Crippen LogP contribution in [0.2, 0.25) is 0 Å². The Labute approximate surface area is 102 Å². The summed E-state index contributed by atoms with van der Waals surface area (Å²) in [5.41, 5.74) is 8.43. The number of carbonyl (C=O) groups excluding carboxylic acids is 1. The molecule has 2 aliphatic carbocycles. The lowest BCUT2D eigenvalue weighted by Crippen LogP contribution is -2.45. The maximum Gasteiger partial charge on any atom is 0.140 e. The lowest BCUT2D eigenvalue weighted by atomic mass is 9.62. The number of carbonyl (C=O) groups is 1. The van der Waals surface area contributed by atoms with Gasteiger partial charge < -0.3 is 5.73 Å². The molecule has 1 aromatic carbocycles. The summed E-state index contributed by atoms with van der Waals surface area (Å²) < 4.78 is 0. The smallest absolute Gasteiger partial charge is 0.140 e. The largest absolute Gasteiger partial charge is 0.329 e. The quantitative estimate of drug-likeness (QED) is 0.861. The van der Waals surface area contributed by atoms with Crippen molar-refractivity contribution >= 4 is 5.78 Å². The minimum absolute atomic E-state index is 0.148. The van der Waals surface area contributed by atoms with Gasteiger partial charge in [0.05, 0.1) is 0 Å². The van der Waals surface area contributed by atoms with Gasteiger partial charge in [-0.2, -0.15) is 0 Å². The van der Waals surface area contributed by atoms with E-state index >= 15 is 0 Å². The molecule has 2 heteroatoms. The minimum Gasteiger partial charge on any atom is -0.329 e. The Balaban J connectivity index is 1.68. The van der Waals surface area contributed by atoms with Crippen molar-refractivity contribution in [1.29, 1.82) is 0 Å². The fourth-order valence-electron chi connectivity index (χ4n) is 3.19. The lowest BCUT2D eigenvalue weighted by Gasteiger charge is -2.41. The van der Waals surface area contributed by atoms with Crippen LogP contribution in [0.5, 0.6) is 0 Å². The molecule has 0 saturated heterocycles. The number of rotatable bonds is 4. The molecule has 17 heavy (non-hydrogen) atoms. The molecule has 0 amide bonds. The number of hydrogen-bond donors (Lipinski definition) is 1. The van der Waals surface area contributed by atoms with Gasteiger partial charge in [0.2, 0.25) is 0 Å². The van der Waals surface area contributed by atoms with Gasteiger partial charge in [-0.05, 0) is 36.3 Å². The summed E-state index contributed by atoms with van der Waals surface area (Å²) in [5, 5.41) is 0. The van der Waals surface area contributed by atoms with Crippen LogP contribution >= 0.6 is 0 Å². The highest BCUT2D eigenvalue weighted by Crippen LogP contribution is 2.45. The van der Waals surface area contributed by atoms with E-state index in [2.05, 4.69) is 24.3 Å². The van der Waals surface area contributed by atoms with Gasteiger partial charge in [-0.1, -0.05) is 30.7 Å². The molecule has 0 heterocycles. The molecule has 1 aromatic rings. The van der Waals surface area contributed by atoms with Gasteiger partial charge in [-0.25, -0.2) is 0 Å². The molecule has 0 bridgehead atoms. The van der Waals surface area contributed by atoms with Crippen LogP contribution in [0.3, 0.4) is 0 Å². The molecule has 3 rings (SSSR count). The second kappa shape index (κ2) is 3.95. The van der Waals surface area contributed by atoms with Crippen LogP contribution in [-0.4, -0.2) is 12.3 Å². The van der Waals surface area contributed by atoms with Gasteiger partial charge in [0.1, 0.15) is 5.78 Å². The van der Waals surface area contributed by atoms with Gasteiger partial charge >= 0.3 is 0 Å². The zero-order chi connectivity index (χ0) is 11.9. The molecule has 2 N–H and O–H groups in total. The van der Waals surface area contributed by atoms with E-state index in [0.29, 0.717) is 24.7 Å². The molecule has 90 valence electrons. The van der Waals surface area contributed by atoms with Crippen LogP contribution in [-0.2, 0) is 11.2 Å².